The first-order chi connectivity index (χ1) is 11.7. The Morgan fingerprint density at radius 3 is 2.92 bits per heavy atom. The van der Waals surface area contributed by atoms with Gasteiger partial charge in [0, 0.05) is 23.5 Å². The van der Waals surface area contributed by atoms with E-state index in [9.17, 15) is 4.79 Å². The molecule has 0 aliphatic carbocycles. The van der Waals surface area contributed by atoms with Crippen LogP contribution in [0.2, 0.25) is 0 Å². The second-order valence-corrected chi connectivity index (χ2v) is 6.50. The molecule has 5 nitrogen and oxygen atoms in total. The number of nitrogens with one attached hydrogen (secondary N) is 2. The number of para-hydroxylation sites is 1. The Morgan fingerprint density at radius 2 is 2.12 bits per heavy atom. The number of urea groups is 1. The van der Waals surface area contributed by atoms with Crippen LogP contribution in [0.3, 0.4) is 0 Å². The van der Waals surface area contributed by atoms with Gasteiger partial charge in [0.25, 0.3) is 0 Å². The van der Waals surface area contributed by atoms with E-state index in [0.29, 0.717) is 6.54 Å². The van der Waals surface area contributed by atoms with Gasteiger partial charge in [-0.3, -0.25) is 4.98 Å². The molecule has 1 aromatic carbocycles. The number of fused-ring (bicyclic) bond motifs is 1. The van der Waals surface area contributed by atoms with E-state index in [0.717, 1.165) is 33.6 Å². The Labute approximate surface area is 145 Å². The highest BCUT2D eigenvalue weighted by molar-refractivity contribution is 7.09. The van der Waals surface area contributed by atoms with Crippen molar-refractivity contribution in [1.29, 1.82) is 0 Å². The molecule has 0 spiro atoms. The fourth-order valence-electron chi connectivity index (χ4n) is 2.49. The third-order valence-electron chi connectivity index (χ3n) is 3.82. The van der Waals surface area contributed by atoms with Crippen LogP contribution in [0.15, 0.2) is 41.9 Å². The van der Waals surface area contributed by atoms with Gasteiger partial charge in [-0.05, 0) is 25.0 Å². The van der Waals surface area contributed by atoms with Crippen LogP contribution in [-0.4, -0.2) is 16.0 Å². The quantitative estimate of drug-likeness (QED) is 0.742. The van der Waals surface area contributed by atoms with Crippen molar-refractivity contribution in [3.05, 3.63) is 58.2 Å². The van der Waals surface area contributed by atoms with E-state index in [2.05, 4.69) is 27.5 Å². The SMILES string of the molecule is CCc1nc([C@H](C)NC(=O)NCc2cccc3cccnc23)cs1. The minimum atomic E-state index is -0.207. The van der Waals surface area contributed by atoms with Gasteiger partial charge in [0.1, 0.15) is 0 Å². The number of rotatable bonds is 5. The van der Waals surface area contributed by atoms with Gasteiger partial charge < -0.3 is 10.6 Å². The Bertz CT molecular complexity index is 840. The first-order valence-electron chi connectivity index (χ1n) is 7.98. The lowest BCUT2D eigenvalue weighted by molar-refractivity contribution is 0.237. The van der Waals surface area contributed by atoms with E-state index in [1.807, 2.05) is 42.6 Å². The topological polar surface area (TPSA) is 66.9 Å². The largest absolute Gasteiger partial charge is 0.334 e. The van der Waals surface area contributed by atoms with Gasteiger partial charge >= 0.3 is 6.03 Å². The second kappa shape index (κ2) is 7.40. The van der Waals surface area contributed by atoms with E-state index in [1.165, 1.54) is 0 Å². The molecule has 0 saturated heterocycles. The Kier molecular flexibility index (Phi) is 5.05. The van der Waals surface area contributed by atoms with Gasteiger partial charge in [0.05, 0.1) is 22.3 Å². The Hall–Kier alpha value is -2.47. The van der Waals surface area contributed by atoms with Crippen LogP contribution < -0.4 is 10.6 Å². The maximum atomic E-state index is 12.1. The summed E-state index contributed by atoms with van der Waals surface area (Å²) in [5, 5.41) is 9.98. The number of thiazole rings is 1. The highest BCUT2D eigenvalue weighted by atomic mass is 32.1. The molecule has 0 unspecified atom stereocenters. The number of carbonyl (C=O) groups is 1. The van der Waals surface area contributed by atoms with Crippen molar-refractivity contribution in [3.8, 4) is 0 Å². The fraction of sp³-hybridized carbons (Fsp3) is 0.278. The smallest absolute Gasteiger partial charge is 0.315 e. The summed E-state index contributed by atoms with van der Waals surface area (Å²) in [6, 6.07) is 9.57. The minimum Gasteiger partial charge on any atom is -0.334 e. The van der Waals surface area contributed by atoms with Crippen LogP contribution in [0, 0.1) is 0 Å². The van der Waals surface area contributed by atoms with Crippen molar-refractivity contribution >= 4 is 28.3 Å². The molecule has 0 aliphatic heterocycles. The highest BCUT2D eigenvalue weighted by Crippen LogP contribution is 2.17. The molecule has 0 aliphatic rings. The van der Waals surface area contributed by atoms with Crippen LogP contribution in [0.25, 0.3) is 10.9 Å². The summed E-state index contributed by atoms with van der Waals surface area (Å²) < 4.78 is 0. The van der Waals surface area contributed by atoms with E-state index in [-0.39, 0.29) is 12.1 Å². The average Bonchev–Trinajstić information content (AvgIpc) is 3.09. The molecule has 3 rings (SSSR count). The number of hydrogen-bond donors (Lipinski definition) is 2. The lowest BCUT2D eigenvalue weighted by Crippen LogP contribution is -2.36. The summed E-state index contributed by atoms with van der Waals surface area (Å²) in [6.07, 6.45) is 2.68. The van der Waals surface area contributed by atoms with Crippen LogP contribution >= 0.6 is 11.3 Å². The third kappa shape index (κ3) is 3.71. The molecule has 1 atom stereocenters. The molecule has 2 heterocycles. The molecular weight excluding hydrogens is 320 g/mol. The number of nitrogens with zero attached hydrogens (tertiary/aromatic N) is 2. The standard InChI is InChI=1S/C18H20N4OS/c1-3-16-22-15(11-24-16)12(2)21-18(23)20-10-14-7-4-6-13-8-5-9-19-17(13)14/h4-9,11-12H,3,10H2,1-2H3,(H2,20,21,23)/t12-/m0/s1. The van der Waals surface area contributed by atoms with Gasteiger partial charge in [-0.15, -0.1) is 11.3 Å². The molecule has 3 aromatic rings. The van der Waals surface area contributed by atoms with E-state index >= 15 is 0 Å². The summed E-state index contributed by atoms with van der Waals surface area (Å²) >= 11 is 1.63. The van der Waals surface area contributed by atoms with Crippen molar-refractivity contribution in [1.82, 2.24) is 20.6 Å². The number of carbonyl (C=O) groups excluding carboxylic acids is 1. The molecule has 0 fully saturated rings. The lowest BCUT2D eigenvalue weighted by atomic mass is 10.1. The molecule has 2 N–H and O–H groups in total. The zero-order valence-electron chi connectivity index (χ0n) is 13.7. The monoisotopic (exact) mass is 340 g/mol. The van der Waals surface area contributed by atoms with Crippen LogP contribution in [0.5, 0.6) is 0 Å². The summed E-state index contributed by atoms with van der Waals surface area (Å²) in [5.41, 5.74) is 2.82. The Morgan fingerprint density at radius 1 is 1.29 bits per heavy atom. The van der Waals surface area contributed by atoms with Crippen molar-refractivity contribution in [2.75, 3.05) is 0 Å². The van der Waals surface area contributed by atoms with Gasteiger partial charge in [-0.1, -0.05) is 31.2 Å². The third-order valence-corrected chi connectivity index (χ3v) is 4.83. The summed E-state index contributed by atoms with van der Waals surface area (Å²) in [4.78, 5) is 21.1. The molecule has 124 valence electrons. The summed E-state index contributed by atoms with van der Waals surface area (Å²) in [7, 11) is 0. The van der Waals surface area contributed by atoms with Crippen LogP contribution in [0.4, 0.5) is 4.79 Å². The predicted molar refractivity (Wildman–Crippen MR) is 97.0 cm³/mol. The maximum Gasteiger partial charge on any atom is 0.315 e. The zero-order valence-corrected chi connectivity index (χ0v) is 14.6. The van der Waals surface area contributed by atoms with Gasteiger partial charge in [0.2, 0.25) is 0 Å². The number of pyridine rings is 1. The molecule has 2 aromatic heterocycles. The number of hydrogen-bond acceptors (Lipinski definition) is 4. The number of amides is 2. The highest BCUT2D eigenvalue weighted by Gasteiger charge is 2.12. The first kappa shape index (κ1) is 16.4. The fourth-order valence-corrected chi connectivity index (χ4v) is 3.33. The van der Waals surface area contributed by atoms with Gasteiger partial charge in [0.15, 0.2) is 0 Å². The second-order valence-electron chi connectivity index (χ2n) is 5.56. The minimum absolute atomic E-state index is 0.118. The normalized spacial score (nSPS) is 12.1. The first-order valence-corrected chi connectivity index (χ1v) is 8.86. The van der Waals surface area contributed by atoms with E-state index < -0.39 is 0 Å². The van der Waals surface area contributed by atoms with Gasteiger partial charge in [-0.2, -0.15) is 0 Å². The summed E-state index contributed by atoms with van der Waals surface area (Å²) in [5.74, 6) is 0. The molecule has 0 saturated carbocycles. The van der Waals surface area contributed by atoms with E-state index in [1.54, 1.807) is 17.5 Å². The number of benzene rings is 1. The number of aryl methyl sites for hydroxylation is 1. The average molecular weight is 340 g/mol. The molecule has 6 heteroatoms. The van der Waals surface area contributed by atoms with Crippen LogP contribution in [-0.2, 0) is 13.0 Å². The van der Waals surface area contributed by atoms with Crippen molar-refractivity contribution in [2.24, 2.45) is 0 Å². The number of aromatic nitrogens is 2. The Balaban J connectivity index is 1.60. The summed E-state index contributed by atoms with van der Waals surface area (Å²) in [6.45, 7) is 4.45. The van der Waals surface area contributed by atoms with Crippen LogP contribution in [0.1, 0.15) is 36.2 Å². The van der Waals surface area contributed by atoms with Gasteiger partial charge in [-0.25, -0.2) is 9.78 Å². The lowest BCUT2D eigenvalue weighted by Gasteiger charge is -2.13. The molecule has 0 radical (unpaired) electrons. The van der Waals surface area contributed by atoms with E-state index in [4.69, 9.17) is 0 Å². The van der Waals surface area contributed by atoms with Crippen molar-refractivity contribution < 1.29 is 4.79 Å². The van der Waals surface area contributed by atoms with Crippen molar-refractivity contribution in [3.63, 3.8) is 0 Å². The molecular formula is C18H20N4OS. The predicted octanol–water partition coefficient (Wildman–Crippen LogP) is 3.81. The van der Waals surface area contributed by atoms with Crippen molar-refractivity contribution in [2.45, 2.75) is 32.9 Å². The zero-order chi connectivity index (χ0) is 16.9. The maximum absolute atomic E-state index is 12.1. The molecule has 24 heavy (non-hydrogen) atoms. The molecule has 2 amide bonds. The molecule has 0 bridgehead atoms.